The molecule has 0 radical (unpaired) electrons. The lowest BCUT2D eigenvalue weighted by molar-refractivity contribution is 0.677. The number of rotatable bonds is 4. The maximum Gasteiger partial charge on any atom is 0.139 e. The molecular formula is C12H13BrN4. The molecule has 2 aromatic heterocycles. The van der Waals surface area contributed by atoms with Gasteiger partial charge in [-0.2, -0.15) is 0 Å². The summed E-state index contributed by atoms with van der Waals surface area (Å²) in [6, 6.07) is 2.72. The molecule has 1 aliphatic rings. The average molecular weight is 293 g/mol. The molecule has 1 aliphatic carbocycles. The Labute approximate surface area is 108 Å². The van der Waals surface area contributed by atoms with Gasteiger partial charge in [0.05, 0.1) is 0 Å². The third-order valence-electron chi connectivity index (χ3n) is 2.77. The zero-order valence-corrected chi connectivity index (χ0v) is 10.9. The maximum absolute atomic E-state index is 4.37. The smallest absolute Gasteiger partial charge is 0.139 e. The highest BCUT2D eigenvalue weighted by Gasteiger charge is 2.20. The average Bonchev–Trinajstić information content (AvgIpc) is 3.04. The van der Waals surface area contributed by atoms with Crippen molar-refractivity contribution < 1.29 is 0 Å². The van der Waals surface area contributed by atoms with Crippen LogP contribution in [0.25, 0.3) is 11.4 Å². The van der Waals surface area contributed by atoms with Crippen LogP contribution >= 0.6 is 15.9 Å². The quantitative estimate of drug-likeness (QED) is 0.910. The molecule has 17 heavy (non-hydrogen) atoms. The van der Waals surface area contributed by atoms with E-state index in [4.69, 9.17) is 0 Å². The van der Waals surface area contributed by atoms with Crippen LogP contribution in [0.5, 0.6) is 0 Å². The van der Waals surface area contributed by atoms with Crippen molar-refractivity contribution in [2.24, 2.45) is 0 Å². The number of aromatic amines is 1. The van der Waals surface area contributed by atoms with Gasteiger partial charge in [0.1, 0.15) is 5.82 Å². The predicted molar refractivity (Wildman–Crippen MR) is 69.4 cm³/mol. The third kappa shape index (κ3) is 2.73. The second kappa shape index (κ2) is 4.58. The monoisotopic (exact) mass is 292 g/mol. The lowest BCUT2D eigenvalue weighted by Crippen LogP contribution is -2.15. The molecule has 1 fully saturated rings. The minimum absolute atomic E-state index is 0.717. The second-order valence-corrected chi connectivity index (χ2v) is 5.22. The molecule has 5 heteroatoms. The fraction of sp³-hybridized carbons (Fsp3) is 0.333. The number of pyridine rings is 1. The van der Waals surface area contributed by atoms with Gasteiger partial charge in [0.2, 0.25) is 0 Å². The standard InChI is InChI=1S/C12H13BrN4/c13-9-3-8(4-14-5-9)12-16-7-11(17-12)6-15-10-1-2-10/h3-5,7,10,15H,1-2,6H2,(H,16,17). The first-order valence-electron chi connectivity index (χ1n) is 5.69. The highest BCUT2D eigenvalue weighted by atomic mass is 79.9. The van der Waals surface area contributed by atoms with Crippen molar-refractivity contribution in [3.8, 4) is 11.4 Å². The normalized spacial score (nSPS) is 15.1. The number of aromatic nitrogens is 3. The van der Waals surface area contributed by atoms with Gasteiger partial charge in [-0.1, -0.05) is 0 Å². The van der Waals surface area contributed by atoms with Crippen LogP contribution in [0.1, 0.15) is 18.5 Å². The van der Waals surface area contributed by atoms with Crippen LogP contribution in [-0.4, -0.2) is 21.0 Å². The number of nitrogens with zero attached hydrogens (tertiary/aromatic N) is 2. The van der Waals surface area contributed by atoms with Gasteiger partial charge in [-0.25, -0.2) is 4.98 Å². The third-order valence-corrected chi connectivity index (χ3v) is 3.20. The SMILES string of the molecule is Brc1cncc(-c2ncc(CNC3CC3)[nH]2)c1. The molecule has 3 rings (SSSR count). The fourth-order valence-electron chi connectivity index (χ4n) is 1.68. The Morgan fingerprint density at radius 2 is 2.24 bits per heavy atom. The molecule has 0 unspecified atom stereocenters. The summed E-state index contributed by atoms with van der Waals surface area (Å²) in [6.07, 6.45) is 8.06. The van der Waals surface area contributed by atoms with Crippen molar-refractivity contribution >= 4 is 15.9 Å². The summed E-state index contributed by atoms with van der Waals surface area (Å²) in [7, 11) is 0. The molecule has 2 aromatic rings. The predicted octanol–water partition coefficient (Wildman–Crippen LogP) is 2.49. The number of nitrogens with one attached hydrogen (secondary N) is 2. The topological polar surface area (TPSA) is 53.6 Å². The van der Waals surface area contributed by atoms with Crippen LogP contribution in [0.3, 0.4) is 0 Å². The summed E-state index contributed by atoms with van der Waals surface area (Å²) in [5.74, 6) is 0.867. The second-order valence-electron chi connectivity index (χ2n) is 4.30. The Morgan fingerprint density at radius 1 is 1.35 bits per heavy atom. The van der Waals surface area contributed by atoms with Crippen LogP contribution < -0.4 is 5.32 Å². The zero-order valence-electron chi connectivity index (χ0n) is 9.28. The summed E-state index contributed by atoms with van der Waals surface area (Å²) >= 11 is 3.41. The molecule has 4 nitrogen and oxygen atoms in total. The molecule has 0 spiro atoms. The number of hydrogen-bond donors (Lipinski definition) is 2. The molecule has 0 amide bonds. The molecule has 0 bridgehead atoms. The Hall–Kier alpha value is -1.20. The highest BCUT2D eigenvalue weighted by molar-refractivity contribution is 9.10. The van der Waals surface area contributed by atoms with E-state index in [2.05, 4.69) is 36.2 Å². The molecule has 0 saturated heterocycles. The van der Waals surface area contributed by atoms with Gasteiger partial charge in [0.25, 0.3) is 0 Å². The van der Waals surface area contributed by atoms with Crippen LogP contribution in [0.4, 0.5) is 0 Å². The van der Waals surface area contributed by atoms with Gasteiger partial charge < -0.3 is 10.3 Å². The van der Waals surface area contributed by atoms with Gasteiger partial charge >= 0.3 is 0 Å². The van der Waals surface area contributed by atoms with E-state index in [1.807, 2.05) is 18.5 Å². The van der Waals surface area contributed by atoms with Crippen molar-refractivity contribution in [3.05, 3.63) is 34.8 Å². The number of halogens is 1. The summed E-state index contributed by atoms with van der Waals surface area (Å²) < 4.78 is 0.962. The van der Waals surface area contributed by atoms with Crippen molar-refractivity contribution in [3.63, 3.8) is 0 Å². The van der Waals surface area contributed by atoms with Gasteiger partial charge in [-0.3, -0.25) is 4.98 Å². The van der Waals surface area contributed by atoms with Crippen molar-refractivity contribution in [2.75, 3.05) is 0 Å². The minimum Gasteiger partial charge on any atom is -0.341 e. The van der Waals surface area contributed by atoms with E-state index in [0.29, 0.717) is 6.04 Å². The van der Waals surface area contributed by atoms with E-state index in [1.54, 1.807) is 6.20 Å². The Balaban J connectivity index is 1.74. The first-order valence-corrected chi connectivity index (χ1v) is 6.49. The highest BCUT2D eigenvalue weighted by Crippen LogP contribution is 2.21. The van der Waals surface area contributed by atoms with Gasteiger partial charge in [-0.15, -0.1) is 0 Å². The van der Waals surface area contributed by atoms with Crippen molar-refractivity contribution in [1.29, 1.82) is 0 Å². The van der Waals surface area contributed by atoms with E-state index < -0.39 is 0 Å². The van der Waals surface area contributed by atoms with E-state index in [1.165, 1.54) is 12.8 Å². The van der Waals surface area contributed by atoms with E-state index in [0.717, 1.165) is 28.1 Å². The largest absolute Gasteiger partial charge is 0.341 e. The van der Waals surface area contributed by atoms with Crippen LogP contribution in [-0.2, 0) is 6.54 Å². The number of H-pyrrole nitrogens is 1. The summed E-state index contributed by atoms with van der Waals surface area (Å²) in [5, 5.41) is 3.45. The van der Waals surface area contributed by atoms with E-state index >= 15 is 0 Å². The number of hydrogen-bond acceptors (Lipinski definition) is 3. The lowest BCUT2D eigenvalue weighted by Gasteiger charge is -1.99. The summed E-state index contributed by atoms with van der Waals surface area (Å²) in [4.78, 5) is 11.8. The molecule has 88 valence electrons. The van der Waals surface area contributed by atoms with E-state index in [-0.39, 0.29) is 0 Å². The molecule has 2 heterocycles. The van der Waals surface area contributed by atoms with Gasteiger partial charge in [0.15, 0.2) is 0 Å². The van der Waals surface area contributed by atoms with Gasteiger partial charge in [0, 0.05) is 46.9 Å². The zero-order chi connectivity index (χ0) is 11.7. The first-order chi connectivity index (χ1) is 8.31. The van der Waals surface area contributed by atoms with Crippen LogP contribution in [0, 0.1) is 0 Å². The molecule has 2 N–H and O–H groups in total. The molecule has 0 aromatic carbocycles. The molecular weight excluding hydrogens is 280 g/mol. The van der Waals surface area contributed by atoms with Crippen LogP contribution in [0.15, 0.2) is 29.1 Å². The van der Waals surface area contributed by atoms with Crippen molar-refractivity contribution in [1.82, 2.24) is 20.3 Å². The Morgan fingerprint density at radius 3 is 3.00 bits per heavy atom. The molecule has 1 saturated carbocycles. The lowest BCUT2D eigenvalue weighted by atomic mass is 10.3. The minimum atomic E-state index is 0.717. The van der Waals surface area contributed by atoms with E-state index in [9.17, 15) is 0 Å². The first kappa shape index (κ1) is 10.9. The number of imidazole rings is 1. The van der Waals surface area contributed by atoms with Crippen molar-refractivity contribution in [2.45, 2.75) is 25.4 Å². The Kier molecular flexibility index (Phi) is 2.94. The van der Waals surface area contributed by atoms with Gasteiger partial charge in [-0.05, 0) is 34.8 Å². The summed E-state index contributed by atoms with van der Waals surface area (Å²) in [6.45, 7) is 0.860. The maximum atomic E-state index is 4.37. The fourth-order valence-corrected chi connectivity index (χ4v) is 2.04. The summed E-state index contributed by atoms with van der Waals surface area (Å²) in [5.41, 5.74) is 2.11. The Bertz CT molecular complexity index is 519. The molecule has 0 aliphatic heterocycles. The van der Waals surface area contributed by atoms with Crippen LogP contribution in [0.2, 0.25) is 0 Å². The molecule has 0 atom stereocenters.